The second-order valence-electron chi connectivity index (χ2n) is 21.6. The fourth-order valence-corrected chi connectivity index (χ4v) is 9.97. The molecular formula is C56H124N4+4. The zero-order valence-corrected chi connectivity index (χ0v) is 44.9. The minimum Gasteiger partial charge on any atom is -0.326 e. The number of unbranched alkanes of at least 4 members (excludes halogenated alkanes) is 22. The van der Waals surface area contributed by atoms with Crippen molar-refractivity contribution in [3.8, 4) is 0 Å². The maximum atomic E-state index is 2.57. The van der Waals surface area contributed by atoms with E-state index in [1.54, 1.807) is 0 Å². The maximum absolute atomic E-state index is 2.57. The van der Waals surface area contributed by atoms with Crippen LogP contribution in [0.4, 0.5) is 0 Å². The van der Waals surface area contributed by atoms with Gasteiger partial charge in [0, 0.05) is 25.7 Å². The SMILES string of the molecule is CCCCCC[N+](C)(CCCCCC)CCCC[N+](C)(CCCCCC)CCCCCC.CCCCC[N+](C)(CCCCC)CCCC[N+](C)(CCCCC)CCCCC. The monoisotopic (exact) mass is 853 g/mol. The van der Waals surface area contributed by atoms with E-state index in [1.165, 1.54) is 302 Å². The molecule has 0 bridgehead atoms. The van der Waals surface area contributed by atoms with Crippen molar-refractivity contribution < 1.29 is 17.9 Å². The first kappa shape index (κ1) is 61.9. The molecule has 364 valence electrons. The van der Waals surface area contributed by atoms with Crippen molar-refractivity contribution in [3.05, 3.63) is 0 Å². The van der Waals surface area contributed by atoms with Crippen LogP contribution in [0.5, 0.6) is 0 Å². The van der Waals surface area contributed by atoms with Gasteiger partial charge in [-0.05, 0) is 103 Å². The standard InChI is InChI=1S/C30H66N2.C26H58N2/c1-7-11-15-19-25-31(5,26-20-16-12-8-2)29-23-24-30-32(6,27-21-17-13-9-3)28-22-18-14-10-4;1-7-11-15-21-27(5,22-16-12-8-2)25-19-20-26-28(6,23-17-13-9-3)24-18-14-10-4/h7-30H2,1-6H3;7-26H2,1-6H3/q2*+2. The summed E-state index contributed by atoms with van der Waals surface area (Å²) in [5.74, 6) is 0. The summed E-state index contributed by atoms with van der Waals surface area (Å²) in [6.45, 7) is 35.5. The van der Waals surface area contributed by atoms with Gasteiger partial charge in [-0.3, -0.25) is 0 Å². The third-order valence-electron chi connectivity index (χ3n) is 14.7. The van der Waals surface area contributed by atoms with Gasteiger partial charge in [0.15, 0.2) is 0 Å². The van der Waals surface area contributed by atoms with E-state index >= 15 is 0 Å². The van der Waals surface area contributed by atoms with Crippen molar-refractivity contribution in [1.82, 2.24) is 0 Å². The Morgan fingerprint density at radius 1 is 0.150 bits per heavy atom. The molecule has 0 fully saturated rings. The summed E-state index contributed by atoms with van der Waals surface area (Å²) < 4.78 is 5.33. The van der Waals surface area contributed by atoms with Crippen LogP contribution in [0.25, 0.3) is 0 Å². The lowest BCUT2D eigenvalue weighted by Crippen LogP contribution is -2.48. The molecule has 0 N–H and O–H groups in total. The Morgan fingerprint density at radius 2 is 0.250 bits per heavy atom. The number of nitrogens with zero attached hydrogens (tertiary/aromatic N) is 4. The molecule has 0 aliphatic heterocycles. The largest absolute Gasteiger partial charge is 0.326 e. The summed E-state index contributed by atoms with van der Waals surface area (Å²) in [6, 6.07) is 0. The zero-order valence-electron chi connectivity index (χ0n) is 44.9. The van der Waals surface area contributed by atoms with Gasteiger partial charge in [0.05, 0.1) is 107 Å². The van der Waals surface area contributed by atoms with Gasteiger partial charge < -0.3 is 17.9 Å². The van der Waals surface area contributed by atoms with Crippen molar-refractivity contribution in [2.24, 2.45) is 0 Å². The van der Waals surface area contributed by atoms with Crippen LogP contribution in [0.3, 0.4) is 0 Å². The predicted molar refractivity (Wildman–Crippen MR) is 276 cm³/mol. The van der Waals surface area contributed by atoms with Crippen LogP contribution < -0.4 is 0 Å². The number of hydrogen-bond donors (Lipinski definition) is 0. The highest BCUT2D eigenvalue weighted by atomic mass is 15.3. The van der Waals surface area contributed by atoms with Gasteiger partial charge in [-0.25, -0.2) is 0 Å². The first-order chi connectivity index (χ1) is 28.9. The molecule has 0 heterocycles. The molecule has 0 spiro atoms. The fourth-order valence-electron chi connectivity index (χ4n) is 9.97. The molecule has 0 aromatic rings. The molecule has 0 aliphatic carbocycles. The molecule has 0 aromatic carbocycles. The Kier molecular flexibility index (Phi) is 44.1. The molecule has 0 saturated heterocycles. The van der Waals surface area contributed by atoms with Gasteiger partial charge in [0.25, 0.3) is 0 Å². The summed E-state index contributed by atoms with van der Waals surface area (Å²) in [6.07, 6.45) is 44.9. The summed E-state index contributed by atoms with van der Waals surface area (Å²) >= 11 is 0. The second-order valence-corrected chi connectivity index (χ2v) is 21.6. The average molecular weight is 854 g/mol. The highest BCUT2D eigenvalue weighted by molar-refractivity contribution is 4.53. The molecule has 0 atom stereocenters. The molecule has 0 rings (SSSR count). The van der Waals surface area contributed by atoms with Crippen LogP contribution in [-0.2, 0) is 0 Å². The third kappa shape index (κ3) is 38.3. The van der Waals surface area contributed by atoms with Crippen LogP contribution in [0.15, 0.2) is 0 Å². The Balaban J connectivity index is 0. The summed E-state index contributed by atoms with van der Waals surface area (Å²) in [7, 11) is 10.2. The molecule has 0 amide bonds. The fraction of sp³-hybridized carbons (Fsp3) is 1.00. The van der Waals surface area contributed by atoms with Crippen LogP contribution >= 0.6 is 0 Å². The molecule has 0 radical (unpaired) electrons. The highest BCUT2D eigenvalue weighted by Crippen LogP contribution is 2.19. The van der Waals surface area contributed by atoms with Gasteiger partial charge in [-0.15, -0.1) is 0 Å². The summed E-state index contributed by atoms with van der Waals surface area (Å²) in [5.41, 5.74) is 0. The van der Waals surface area contributed by atoms with E-state index in [0.717, 1.165) is 0 Å². The lowest BCUT2D eigenvalue weighted by Gasteiger charge is -2.37. The van der Waals surface area contributed by atoms with E-state index < -0.39 is 0 Å². The third-order valence-corrected chi connectivity index (χ3v) is 14.7. The highest BCUT2D eigenvalue weighted by Gasteiger charge is 2.25. The maximum Gasteiger partial charge on any atom is 0.0786 e. The molecule has 4 heteroatoms. The van der Waals surface area contributed by atoms with Crippen molar-refractivity contribution in [3.63, 3.8) is 0 Å². The topological polar surface area (TPSA) is 0 Å². The van der Waals surface area contributed by atoms with Gasteiger partial charge in [0.1, 0.15) is 0 Å². The Morgan fingerprint density at radius 3 is 0.383 bits per heavy atom. The van der Waals surface area contributed by atoms with Crippen LogP contribution in [-0.4, -0.2) is 125 Å². The molecule has 0 unspecified atom stereocenters. The first-order valence-corrected chi connectivity index (χ1v) is 28.2. The lowest BCUT2D eigenvalue weighted by atomic mass is 10.1. The van der Waals surface area contributed by atoms with E-state index in [-0.39, 0.29) is 0 Å². The van der Waals surface area contributed by atoms with E-state index in [4.69, 9.17) is 0 Å². The molecular weight excluding hydrogens is 729 g/mol. The van der Waals surface area contributed by atoms with Crippen molar-refractivity contribution >= 4 is 0 Å². The molecule has 0 aliphatic rings. The van der Waals surface area contributed by atoms with Crippen LogP contribution in [0.2, 0.25) is 0 Å². The minimum atomic E-state index is 1.33. The van der Waals surface area contributed by atoms with Crippen LogP contribution in [0, 0.1) is 0 Å². The molecule has 0 aromatic heterocycles. The Bertz CT molecular complexity index is 729. The van der Waals surface area contributed by atoms with E-state index in [2.05, 4.69) is 83.6 Å². The predicted octanol–water partition coefficient (Wildman–Crippen LogP) is 16.4. The Hall–Kier alpha value is -0.160. The van der Waals surface area contributed by atoms with Crippen molar-refractivity contribution in [1.29, 1.82) is 0 Å². The lowest BCUT2D eigenvalue weighted by molar-refractivity contribution is -0.916. The molecule has 4 nitrogen and oxygen atoms in total. The molecule has 60 heavy (non-hydrogen) atoms. The number of hydrogen-bond acceptors (Lipinski definition) is 0. The number of quaternary nitrogens is 4. The van der Waals surface area contributed by atoms with Crippen molar-refractivity contribution in [2.45, 2.75) is 261 Å². The van der Waals surface area contributed by atoms with Gasteiger partial charge in [0.2, 0.25) is 0 Å². The summed E-state index contributed by atoms with van der Waals surface area (Å²) in [4.78, 5) is 0. The second kappa shape index (κ2) is 42.8. The normalized spacial score (nSPS) is 12.6. The van der Waals surface area contributed by atoms with Gasteiger partial charge in [-0.1, -0.05) is 132 Å². The minimum absolute atomic E-state index is 1.33. The molecule has 0 saturated carbocycles. The van der Waals surface area contributed by atoms with Crippen LogP contribution in [0.1, 0.15) is 261 Å². The first-order valence-electron chi connectivity index (χ1n) is 28.2. The van der Waals surface area contributed by atoms with E-state index in [9.17, 15) is 0 Å². The van der Waals surface area contributed by atoms with Gasteiger partial charge in [-0.2, -0.15) is 0 Å². The van der Waals surface area contributed by atoms with Gasteiger partial charge >= 0.3 is 0 Å². The Labute approximate surface area is 384 Å². The van der Waals surface area contributed by atoms with E-state index in [0.29, 0.717) is 0 Å². The quantitative estimate of drug-likeness (QED) is 0.0423. The van der Waals surface area contributed by atoms with Crippen molar-refractivity contribution in [2.75, 3.05) is 107 Å². The smallest absolute Gasteiger partial charge is 0.0786 e. The average Bonchev–Trinajstić information content (AvgIpc) is 3.23. The zero-order chi connectivity index (χ0) is 45.1. The number of rotatable bonds is 46. The van der Waals surface area contributed by atoms with E-state index in [1.807, 2.05) is 0 Å². The summed E-state index contributed by atoms with van der Waals surface area (Å²) in [5, 5.41) is 0.